The van der Waals surface area contributed by atoms with Crippen molar-refractivity contribution in [1.29, 1.82) is 0 Å². The summed E-state index contributed by atoms with van der Waals surface area (Å²) < 4.78 is 0. The number of rotatable bonds is 5. The highest BCUT2D eigenvalue weighted by Gasteiger charge is 2.46. The van der Waals surface area contributed by atoms with Crippen molar-refractivity contribution in [1.82, 2.24) is 14.9 Å². The van der Waals surface area contributed by atoms with Gasteiger partial charge in [-0.15, -0.1) is 0 Å². The maximum atomic E-state index is 10.5. The maximum Gasteiger partial charge on any atom is 0.125 e. The van der Waals surface area contributed by atoms with Crippen LogP contribution >= 0.6 is 0 Å². The molecule has 0 radical (unpaired) electrons. The van der Waals surface area contributed by atoms with Crippen molar-refractivity contribution in [3.8, 4) is 0 Å². The molecule has 1 aromatic heterocycles. The van der Waals surface area contributed by atoms with E-state index >= 15 is 0 Å². The molecule has 1 saturated heterocycles. The van der Waals surface area contributed by atoms with E-state index in [-0.39, 0.29) is 12.6 Å². The van der Waals surface area contributed by atoms with Gasteiger partial charge in [0.1, 0.15) is 5.82 Å². The van der Waals surface area contributed by atoms with E-state index in [1.54, 1.807) is 12.4 Å². The van der Waals surface area contributed by atoms with Crippen LogP contribution in [0.3, 0.4) is 0 Å². The smallest absolute Gasteiger partial charge is 0.125 e. The maximum absolute atomic E-state index is 10.5. The van der Waals surface area contributed by atoms with Gasteiger partial charge in [-0.1, -0.05) is 30.3 Å². The van der Waals surface area contributed by atoms with Crippen LogP contribution < -0.4 is 0 Å². The van der Waals surface area contributed by atoms with E-state index < -0.39 is 18.2 Å². The summed E-state index contributed by atoms with van der Waals surface area (Å²) in [5.74, 6) is 0.694. The average Bonchev–Trinajstić information content (AvgIpc) is 2.82. The van der Waals surface area contributed by atoms with Crippen LogP contribution in [-0.4, -0.2) is 61.1 Å². The summed E-state index contributed by atoms with van der Waals surface area (Å²) in [7, 11) is 0. The topological polar surface area (TPSA) is 89.7 Å². The van der Waals surface area contributed by atoms with E-state index in [1.165, 1.54) is 0 Å². The molecule has 1 aromatic carbocycles. The molecule has 1 aliphatic rings. The number of aromatic nitrogens is 2. The van der Waals surface area contributed by atoms with Crippen molar-refractivity contribution >= 4 is 0 Å². The normalized spacial score (nSPS) is 27.5. The summed E-state index contributed by atoms with van der Waals surface area (Å²) in [6, 6.07) is 9.07. The van der Waals surface area contributed by atoms with E-state index in [4.69, 9.17) is 0 Å². The Morgan fingerprint density at radius 3 is 2.21 bits per heavy atom. The molecular formula is C18H23N3O3. The van der Waals surface area contributed by atoms with Gasteiger partial charge in [-0.05, 0) is 18.9 Å². The first kappa shape index (κ1) is 17.0. The standard InChI is InChI=1S/C18H23N3O3/c1-12-19-8-14(9-20-12)10-21-15(7-13-5-3-2-4-6-13)17(23)18(24)16(21)11-22/h2-6,8-9,15-18,22-24H,7,10-11H2,1H3/t15-,16+,17-,18+/m0/s1. The second-order valence-corrected chi connectivity index (χ2v) is 6.30. The van der Waals surface area contributed by atoms with E-state index in [0.29, 0.717) is 18.8 Å². The van der Waals surface area contributed by atoms with Gasteiger partial charge in [0.2, 0.25) is 0 Å². The zero-order valence-electron chi connectivity index (χ0n) is 13.7. The molecule has 4 atom stereocenters. The number of benzene rings is 1. The highest BCUT2D eigenvalue weighted by atomic mass is 16.3. The minimum Gasteiger partial charge on any atom is -0.395 e. The van der Waals surface area contributed by atoms with E-state index in [9.17, 15) is 15.3 Å². The third kappa shape index (κ3) is 3.47. The Labute approximate surface area is 141 Å². The molecule has 0 amide bonds. The molecule has 1 fully saturated rings. The van der Waals surface area contributed by atoms with E-state index in [0.717, 1.165) is 11.1 Å². The van der Waals surface area contributed by atoms with Crippen LogP contribution in [-0.2, 0) is 13.0 Å². The van der Waals surface area contributed by atoms with Crippen molar-refractivity contribution < 1.29 is 15.3 Å². The van der Waals surface area contributed by atoms with Gasteiger partial charge >= 0.3 is 0 Å². The molecule has 0 bridgehead atoms. The zero-order valence-corrected chi connectivity index (χ0v) is 13.7. The SMILES string of the molecule is Cc1ncc(CN2[C@H](CO)[C@@H](O)[C@@H](O)[C@@H]2Cc2ccccc2)cn1. The second-order valence-electron chi connectivity index (χ2n) is 6.30. The van der Waals surface area contributed by atoms with Gasteiger partial charge in [-0.2, -0.15) is 0 Å². The quantitative estimate of drug-likeness (QED) is 0.731. The molecule has 6 heteroatoms. The molecule has 0 aliphatic carbocycles. The Morgan fingerprint density at radius 2 is 1.58 bits per heavy atom. The lowest BCUT2D eigenvalue weighted by Gasteiger charge is -2.29. The van der Waals surface area contributed by atoms with Gasteiger partial charge < -0.3 is 15.3 Å². The third-order valence-corrected chi connectivity index (χ3v) is 4.66. The van der Waals surface area contributed by atoms with Gasteiger partial charge in [0.15, 0.2) is 0 Å². The molecule has 0 saturated carbocycles. The fourth-order valence-corrected chi connectivity index (χ4v) is 3.35. The Kier molecular flexibility index (Phi) is 5.20. The predicted octanol–water partition coefficient (Wildman–Crippen LogP) is 0.295. The molecule has 6 nitrogen and oxygen atoms in total. The second kappa shape index (κ2) is 7.36. The molecule has 0 unspecified atom stereocenters. The molecule has 3 N–H and O–H groups in total. The monoisotopic (exact) mass is 329 g/mol. The van der Waals surface area contributed by atoms with Gasteiger partial charge in [-0.25, -0.2) is 9.97 Å². The molecule has 24 heavy (non-hydrogen) atoms. The number of aliphatic hydroxyl groups is 3. The molecule has 2 heterocycles. The first-order valence-electron chi connectivity index (χ1n) is 8.14. The van der Waals surface area contributed by atoms with Crippen LogP contribution in [0.15, 0.2) is 42.7 Å². The lowest BCUT2D eigenvalue weighted by atomic mass is 10.0. The van der Waals surface area contributed by atoms with Crippen LogP contribution in [0.1, 0.15) is 17.0 Å². The number of likely N-dealkylation sites (tertiary alicyclic amines) is 1. The van der Waals surface area contributed by atoms with Crippen LogP contribution in [0.2, 0.25) is 0 Å². The summed E-state index contributed by atoms with van der Waals surface area (Å²) >= 11 is 0. The lowest BCUT2D eigenvalue weighted by Crippen LogP contribution is -2.41. The van der Waals surface area contributed by atoms with Crippen LogP contribution in [0.25, 0.3) is 0 Å². The molecular weight excluding hydrogens is 306 g/mol. The molecule has 2 aromatic rings. The fraction of sp³-hybridized carbons (Fsp3) is 0.444. The van der Waals surface area contributed by atoms with Crippen LogP contribution in [0.5, 0.6) is 0 Å². The first-order valence-corrected chi connectivity index (χ1v) is 8.14. The Hall–Kier alpha value is -1.86. The molecule has 3 rings (SSSR count). The fourth-order valence-electron chi connectivity index (χ4n) is 3.35. The van der Waals surface area contributed by atoms with Gasteiger partial charge in [0.25, 0.3) is 0 Å². The van der Waals surface area contributed by atoms with Gasteiger partial charge in [-0.3, -0.25) is 4.90 Å². The Balaban J connectivity index is 1.84. The highest BCUT2D eigenvalue weighted by molar-refractivity contribution is 5.19. The first-order chi connectivity index (χ1) is 11.6. The molecule has 1 aliphatic heterocycles. The minimum atomic E-state index is -0.977. The third-order valence-electron chi connectivity index (χ3n) is 4.66. The summed E-state index contributed by atoms with van der Waals surface area (Å²) in [5.41, 5.74) is 1.97. The summed E-state index contributed by atoms with van der Waals surface area (Å²) in [5, 5.41) is 30.5. The van der Waals surface area contributed by atoms with Crippen molar-refractivity contribution in [3.63, 3.8) is 0 Å². The number of aryl methyl sites for hydroxylation is 1. The average molecular weight is 329 g/mol. The summed E-state index contributed by atoms with van der Waals surface area (Å²) in [6.45, 7) is 2.08. The van der Waals surface area contributed by atoms with E-state index in [1.807, 2.05) is 42.2 Å². The van der Waals surface area contributed by atoms with Gasteiger partial charge in [0, 0.05) is 30.5 Å². The number of hydrogen-bond donors (Lipinski definition) is 3. The Bertz CT molecular complexity index is 650. The van der Waals surface area contributed by atoms with Crippen LogP contribution in [0, 0.1) is 6.92 Å². The summed E-state index contributed by atoms with van der Waals surface area (Å²) in [4.78, 5) is 10.3. The van der Waals surface area contributed by atoms with Crippen molar-refractivity contribution in [3.05, 3.63) is 59.7 Å². The number of aliphatic hydroxyl groups excluding tert-OH is 3. The van der Waals surface area contributed by atoms with Crippen molar-refractivity contribution in [2.45, 2.75) is 44.2 Å². The summed E-state index contributed by atoms with van der Waals surface area (Å²) in [6.07, 6.45) is 2.20. The zero-order chi connectivity index (χ0) is 17.1. The van der Waals surface area contributed by atoms with Gasteiger partial charge in [0.05, 0.1) is 24.9 Å². The number of hydrogen-bond acceptors (Lipinski definition) is 6. The van der Waals surface area contributed by atoms with E-state index in [2.05, 4.69) is 9.97 Å². The highest BCUT2D eigenvalue weighted by Crippen LogP contribution is 2.29. The predicted molar refractivity (Wildman–Crippen MR) is 89.1 cm³/mol. The van der Waals surface area contributed by atoms with Crippen LogP contribution in [0.4, 0.5) is 0 Å². The largest absolute Gasteiger partial charge is 0.395 e. The molecule has 0 spiro atoms. The minimum absolute atomic E-state index is 0.212. The lowest BCUT2D eigenvalue weighted by molar-refractivity contribution is 0.0178. The van der Waals surface area contributed by atoms with Crippen molar-refractivity contribution in [2.75, 3.05) is 6.61 Å². The number of nitrogens with zero attached hydrogens (tertiary/aromatic N) is 3. The Morgan fingerprint density at radius 1 is 0.958 bits per heavy atom. The molecule has 128 valence electrons. The van der Waals surface area contributed by atoms with Crippen molar-refractivity contribution in [2.24, 2.45) is 0 Å².